The molecule has 0 bridgehead atoms. The van der Waals surface area contributed by atoms with E-state index in [4.69, 9.17) is 10.5 Å². The van der Waals surface area contributed by atoms with Gasteiger partial charge in [-0.3, -0.25) is 27.5 Å². The Morgan fingerprint density at radius 1 is 1.35 bits per heavy atom. The second-order valence-electron chi connectivity index (χ2n) is 6.01. The van der Waals surface area contributed by atoms with Gasteiger partial charge in [0.25, 0.3) is 13.4 Å². The zero-order valence-electron chi connectivity index (χ0n) is 14.8. The number of aliphatic hydroxyl groups is 1. The topological polar surface area (TPSA) is 273 Å². The summed E-state index contributed by atoms with van der Waals surface area (Å²) >= 11 is 4.31. The number of fused-ring (bicyclic) bond motifs is 1. The SMILES string of the molecule is Nc1nc2c(ncn2C2CC(O)C(COP([O-])(=S)OP(=O)([O-])OP(=O)([O-])[O-])O2)c(=O)[nH]1. The Kier molecular flexibility index (Phi) is 6.87. The highest BCUT2D eigenvalue weighted by atomic mass is 32.5. The number of rotatable bonds is 8. The third-order valence-corrected chi connectivity index (χ3v) is 8.34. The Bertz CT molecular complexity index is 1180. The van der Waals surface area contributed by atoms with Crippen LogP contribution >= 0.6 is 22.4 Å². The van der Waals surface area contributed by atoms with Crippen LogP contribution < -0.4 is 30.9 Å². The van der Waals surface area contributed by atoms with Crippen molar-refractivity contribution < 1.29 is 51.7 Å². The molecule has 0 aliphatic carbocycles. The third kappa shape index (κ3) is 6.24. The van der Waals surface area contributed by atoms with E-state index in [1.165, 1.54) is 10.9 Å². The number of hydrogen-bond acceptors (Lipinski definition) is 16. The molecule has 1 saturated heterocycles. The first kappa shape index (κ1) is 24.5. The number of aromatic nitrogens is 4. The molecule has 0 aromatic carbocycles. The van der Waals surface area contributed by atoms with Gasteiger partial charge in [0.2, 0.25) is 5.95 Å². The van der Waals surface area contributed by atoms with Crippen molar-refractivity contribution in [2.75, 3.05) is 12.3 Å². The normalized spacial score (nSPS) is 26.0. The summed E-state index contributed by atoms with van der Waals surface area (Å²) in [5, 5.41) is 10.1. The van der Waals surface area contributed by atoms with Crippen molar-refractivity contribution in [3.05, 3.63) is 16.7 Å². The molecule has 0 saturated carbocycles. The van der Waals surface area contributed by atoms with Crippen molar-refractivity contribution in [2.45, 2.75) is 24.9 Å². The number of nitrogens with two attached hydrogens (primary N) is 1. The van der Waals surface area contributed by atoms with Crippen LogP contribution in [-0.2, 0) is 38.8 Å². The first-order chi connectivity index (χ1) is 14.2. The van der Waals surface area contributed by atoms with Gasteiger partial charge in [0.1, 0.15) is 19.1 Å². The average Bonchev–Trinajstić information content (AvgIpc) is 3.13. The predicted octanol–water partition coefficient (Wildman–Crippen LogP) is -3.72. The Morgan fingerprint density at radius 2 is 2.03 bits per heavy atom. The molecule has 0 radical (unpaired) electrons. The maximum Gasteiger partial charge on any atom is 0.280 e. The number of hydrogen-bond donors (Lipinski definition) is 3. The van der Waals surface area contributed by atoms with Gasteiger partial charge in [-0.05, 0) is 0 Å². The molecule has 3 rings (SSSR count). The van der Waals surface area contributed by atoms with Crippen molar-refractivity contribution in [1.29, 1.82) is 0 Å². The molecule has 5 atom stereocenters. The van der Waals surface area contributed by atoms with Gasteiger partial charge in [-0.25, -0.2) is 4.98 Å². The number of nitrogens with one attached hydrogen (secondary N) is 1. The van der Waals surface area contributed by atoms with Crippen LogP contribution in [0.15, 0.2) is 11.1 Å². The lowest BCUT2D eigenvalue weighted by Crippen LogP contribution is -2.27. The highest BCUT2D eigenvalue weighted by Gasteiger charge is 2.37. The molecule has 1 fully saturated rings. The number of nitrogen functional groups attached to an aromatic ring is 1. The van der Waals surface area contributed by atoms with Crippen LogP contribution in [0, 0.1) is 0 Å². The van der Waals surface area contributed by atoms with Gasteiger partial charge in [-0.1, -0.05) is 11.8 Å². The lowest BCUT2D eigenvalue weighted by atomic mass is 10.2. The molecule has 5 unspecified atom stereocenters. The average molecular weight is 519 g/mol. The summed E-state index contributed by atoms with van der Waals surface area (Å²) in [6, 6.07) is 0. The first-order valence-electron chi connectivity index (χ1n) is 7.93. The molecule has 1 aliphatic heterocycles. The van der Waals surface area contributed by atoms with Crippen LogP contribution in [0.1, 0.15) is 12.6 Å². The van der Waals surface area contributed by atoms with Crippen LogP contribution in [0.4, 0.5) is 5.95 Å². The number of anilines is 1. The summed E-state index contributed by atoms with van der Waals surface area (Å²) in [5.41, 5.74) is 4.91. The van der Waals surface area contributed by atoms with Gasteiger partial charge in [-0.15, -0.1) is 0 Å². The van der Waals surface area contributed by atoms with Crippen LogP contribution in [0.5, 0.6) is 0 Å². The van der Waals surface area contributed by atoms with Crippen molar-refractivity contribution in [1.82, 2.24) is 19.5 Å². The molecule has 0 spiro atoms. The van der Waals surface area contributed by atoms with Crippen molar-refractivity contribution in [3.63, 3.8) is 0 Å². The largest absolute Gasteiger partial charge is 0.790 e. The molecule has 4 N–H and O–H groups in total. The highest BCUT2D eigenvalue weighted by molar-refractivity contribution is 8.07. The van der Waals surface area contributed by atoms with Gasteiger partial charge < -0.3 is 44.2 Å². The van der Waals surface area contributed by atoms with Crippen LogP contribution in [0.3, 0.4) is 0 Å². The standard InChI is InChI=1S/C10H16N5O12P3S/c11-10-13-8-7(9(17)14-10)12-3-15(8)6-1-4(16)5(25-6)2-24-30(23,31)27-29(21,22)26-28(18,19)20/h3-6,16H,1-2H2,(H,21,22)(H,23,31)(H2,18,19,20)(H3,11,13,14,17)/p-4. The van der Waals surface area contributed by atoms with Crippen LogP contribution in [-0.4, -0.2) is 43.4 Å². The molecule has 31 heavy (non-hydrogen) atoms. The van der Waals surface area contributed by atoms with Crippen molar-refractivity contribution in [3.8, 4) is 0 Å². The van der Waals surface area contributed by atoms with E-state index < -0.39 is 53.0 Å². The minimum atomic E-state index is -6.02. The van der Waals surface area contributed by atoms with E-state index >= 15 is 0 Å². The number of aromatic amines is 1. The van der Waals surface area contributed by atoms with Gasteiger partial charge in [-0.2, -0.15) is 4.98 Å². The summed E-state index contributed by atoms with van der Waals surface area (Å²) in [6.07, 6.45) is -2.24. The van der Waals surface area contributed by atoms with E-state index in [1.54, 1.807) is 0 Å². The zero-order valence-corrected chi connectivity index (χ0v) is 18.3. The third-order valence-electron chi connectivity index (χ3n) is 3.76. The quantitative estimate of drug-likeness (QED) is 0.283. The molecule has 21 heteroatoms. The molecular weight excluding hydrogens is 507 g/mol. The second-order valence-corrected chi connectivity index (χ2v) is 11.6. The zero-order chi connectivity index (χ0) is 23.2. The van der Waals surface area contributed by atoms with E-state index in [1.807, 2.05) is 0 Å². The van der Waals surface area contributed by atoms with E-state index in [0.29, 0.717) is 0 Å². The molecule has 2 aromatic rings. The number of phosphoric acid groups is 2. The number of aliphatic hydroxyl groups excluding tert-OH is 1. The molecule has 2 aromatic heterocycles. The molecular formula is C10H12N5O12P3S-4. The Balaban J connectivity index is 1.67. The second kappa shape index (κ2) is 8.68. The first-order valence-corrected chi connectivity index (χ1v) is 13.4. The van der Waals surface area contributed by atoms with Crippen molar-refractivity contribution >= 4 is 51.3 Å². The highest BCUT2D eigenvalue weighted by Crippen LogP contribution is 2.60. The Morgan fingerprint density at radius 3 is 2.68 bits per heavy atom. The van der Waals surface area contributed by atoms with Gasteiger partial charge in [0.05, 0.1) is 26.9 Å². The minimum Gasteiger partial charge on any atom is -0.790 e. The van der Waals surface area contributed by atoms with E-state index in [2.05, 4.69) is 39.9 Å². The summed E-state index contributed by atoms with van der Waals surface area (Å²) in [7, 11) is -11.9. The van der Waals surface area contributed by atoms with Crippen molar-refractivity contribution in [2.24, 2.45) is 0 Å². The fourth-order valence-corrected chi connectivity index (χ4v) is 6.42. The predicted molar refractivity (Wildman–Crippen MR) is 94.7 cm³/mol. The van der Waals surface area contributed by atoms with Gasteiger partial charge >= 0.3 is 0 Å². The molecule has 17 nitrogen and oxygen atoms in total. The van der Waals surface area contributed by atoms with E-state index in [-0.39, 0.29) is 23.5 Å². The van der Waals surface area contributed by atoms with Crippen LogP contribution in [0.25, 0.3) is 11.2 Å². The van der Waals surface area contributed by atoms with E-state index in [9.17, 15) is 38.6 Å². The van der Waals surface area contributed by atoms with E-state index in [0.717, 1.165) is 0 Å². The Hall–Kier alpha value is -1.10. The molecule has 3 heterocycles. The fourth-order valence-electron chi connectivity index (χ4n) is 2.64. The van der Waals surface area contributed by atoms with Gasteiger partial charge in [0, 0.05) is 6.42 Å². The maximum atomic E-state index is 11.9. The molecule has 0 amide bonds. The van der Waals surface area contributed by atoms with Gasteiger partial charge in [0.15, 0.2) is 11.2 Å². The lowest BCUT2D eigenvalue weighted by Gasteiger charge is -2.39. The Labute approximate surface area is 176 Å². The smallest absolute Gasteiger partial charge is 0.280 e. The summed E-state index contributed by atoms with van der Waals surface area (Å²) in [5.74, 6) is -0.188. The number of ether oxygens (including phenoxy) is 1. The number of imidazole rings is 1. The number of H-pyrrole nitrogens is 1. The summed E-state index contributed by atoms with van der Waals surface area (Å²) < 4.78 is 40.0. The molecule has 174 valence electrons. The fraction of sp³-hybridized carbons (Fsp3) is 0.500. The minimum absolute atomic E-state index is 0.0457. The maximum absolute atomic E-state index is 11.9. The molecule has 1 aliphatic rings. The van der Waals surface area contributed by atoms with Crippen LogP contribution in [0.2, 0.25) is 0 Å². The summed E-state index contributed by atoms with van der Waals surface area (Å²) in [4.78, 5) is 65.9. The number of nitrogens with zero attached hydrogens (tertiary/aromatic N) is 3. The summed E-state index contributed by atoms with van der Waals surface area (Å²) in [6.45, 7) is -5.67. The lowest BCUT2D eigenvalue weighted by molar-refractivity contribution is -0.339. The monoisotopic (exact) mass is 519 g/mol.